The lowest BCUT2D eigenvalue weighted by Gasteiger charge is -2.39. The number of halogens is 2. The molecule has 0 spiro atoms. The van der Waals surface area contributed by atoms with Crippen LogP contribution in [0.5, 0.6) is 5.75 Å². The maximum Gasteiger partial charge on any atom is 0.324 e. The van der Waals surface area contributed by atoms with Gasteiger partial charge in [0.05, 0.1) is 30.5 Å². The second-order valence-corrected chi connectivity index (χ2v) is 8.32. The molecule has 9 heteroatoms. The first kappa shape index (κ1) is 23.7. The van der Waals surface area contributed by atoms with Crippen LogP contribution >= 0.6 is 11.6 Å². The van der Waals surface area contributed by atoms with E-state index in [1.165, 1.54) is 31.4 Å². The number of carbonyl (C=O) groups excluding carboxylic acids is 2. The van der Waals surface area contributed by atoms with Gasteiger partial charge in [-0.2, -0.15) is 0 Å². The molecule has 1 heterocycles. The van der Waals surface area contributed by atoms with Crippen LogP contribution in [0.25, 0.3) is 0 Å². The summed E-state index contributed by atoms with van der Waals surface area (Å²) in [6.45, 7) is 3.09. The zero-order valence-corrected chi connectivity index (χ0v) is 18.5. The lowest BCUT2D eigenvalue weighted by Crippen LogP contribution is -2.55. The van der Waals surface area contributed by atoms with Gasteiger partial charge in [0, 0.05) is 18.1 Å². The third-order valence-electron chi connectivity index (χ3n) is 5.61. The third-order valence-corrected chi connectivity index (χ3v) is 5.90. The number of fused-ring (bicyclic) bond motifs is 1. The molecule has 1 aliphatic heterocycles. The van der Waals surface area contributed by atoms with Gasteiger partial charge in [-0.3, -0.25) is 14.4 Å². The molecule has 0 saturated heterocycles. The van der Waals surface area contributed by atoms with E-state index in [2.05, 4.69) is 0 Å². The summed E-state index contributed by atoms with van der Waals surface area (Å²) >= 11 is 5.89. The van der Waals surface area contributed by atoms with Crippen molar-refractivity contribution in [3.63, 3.8) is 0 Å². The fourth-order valence-corrected chi connectivity index (χ4v) is 4.14. The van der Waals surface area contributed by atoms with Crippen molar-refractivity contribution >= 4 is 34.9 Å². The van der Waals surface area contributed by atoms with E-state index in [0.717, 1.165) is 4.90 Å². The molecule has 0 aliphatic carbocycles. The molecule has 0 saturated carbocycles. The summed E-state index contributed by atoms with van der Waals surface area (Å²) in [4.78, 5) is 39.3. The number of carboxylic acids is 1. The molecule has 3 rings (SSSR count). The van der Waals surface area contributed by atoms with Crippen LogP contribution in [0.15, 0.2) is 30.3 Å². The second kappa shape index (κ2) is 9.26. The topological polar surface area (TPSA) is 104 Å². The van der Waals surface area contributed by atoms with Crippen LogP contribution in [0.2, 0.25) is 5.02 Å². The zero-order chi connectivity index (χ0) is 23.7. The maximum absolute atomic E-state index is 14.6. The van der Waals surface area contributed by atoms with Gasteiger partial charge in [-0.15, -0.1) is 0 Å². The largest absolute Gasteiger partial charge is 0.497 e. The van der Waals surface area contributed by atoms with Gasteiger partial charge in [-0.05, 0) is 29.2 Å². The van der Waals surface area contributed by atoms with Crippen molar-refractivity contribution < 1.29 is 33.7 Å². The number of nitrogens with zero attached hydrogens (tertiary/aromatic N) is 1. The molecule has 32 heavy (non-hydrogen) atoms. The van der Waals surface area contributed by atoms with Crippen LogP contribution < -0.4 is 9.64 Å². The monoisotopic (exact) mass is 463 g/mol. The van der Waals surface area contributed by atoms with E-state index in [0.29, 0.717) is 5.75 Å². The van der Waals surface area contributed by atoms with Gasteiger partial charge in [0.15, 0.2) is 11.7 Å². The number of carboxylic acid groups (broad SMARTS) is 1. The van der Waals surface area contributed by atoms with E-state index in [-0.39, 0.29) is 39.7 Å². The molecule has 0 fully saturated rings. The van der Waals surface area contributed by atoms with Crippen molar-refractivity contribution in [2.24, 2.45) is 11.8 Å². The number of ketones is 1. The Morgan fingerprint density at radius 1 is 1.25 bits per heavy atom. The molecule has 2 aromatic carbocycles. The van der Waals surface area contributed by atoms with Crippen molar-refractivity contribution in [3.05, 3.63) is 57.9 Å². The normalized spacial score (nSPS) is 16.8. The van der Waals surface area contributed by atoms with Gasteiger partial charge in [-0.25, -0.2) is 4.39 Å². The number of hydrogen-bond donors (Lipinski definition) is 2. The lowest BCUT2D eigenvalue weighted by atomic mass is 9.83. The molecule has 2 aromatic rings. The van der Waals surface area contributed by atoms with Crippen LogP contribution in [0, 0.1) is 17.7 Å². The number of hydrogen-bond acceptors (Lipinski definition) is 5. The Kier molecular flexibility index (Phi) is 6.85. The van der Waals surface area contributed by atoms with Crippen molar-refractivity contribution in [2.75, 3.05) is 18.6 Å². The zero-order valence-electron chi connectivity index (χ0n) is 17.8. The van der Waals surface area contributed by atoms with Gasteiger partial charge in [0.25, 0.3) is 0 Å². The molecule has 1 aliphatic rings. The smallest absolute Gasteiger partial charge is 0.324 e. The maximum atomic E-state index is 14.6. The van der Waals surface area contributed by atoms with Gasteiger partial charge < -0.3 is 19.8 Å². The highest BCUT2D eigenvalue weighted by Crippen LogP contribution is 2.40. The quantitative estimate of drug-likeness (QED) is 0.610. The van der Waals surface area contributed by atoms with Crippen molar-refractivity contribution in [1.82, 2.24) is 0 Å². The Morgan fingerprint density at radius 3 is 2.50 bits per heavy atom. The molecular formula is C23H23ClFNO6. The third kappa shape index (κ3) is 4.08. The summed E-state index contributed by atoms with van der Waals surface area (Å²) in [5.41, 5.74) is 0.590. The highest BCUT2D eigenvalue weighted by molar-refractivity contribution is 6.31. The summed E-state index contributed by atoms with van der Waals surface area (Å²) < 4.78 is 19.9. The molecule has 7 nitrogen and oxygen atoms in total. The van der Waals surface area contributed by atoms with Crippen LogP contribution in [-0.4, -0.2) is 47.6 Å². The minimum atomic E-state index is -1.97. The molecule has 0 bridgehead atoms. The fraction of sp³-hybridized carbons (Fsp3) is 0.348. The van der Waals surface area contributed by atoms with Crippen LogP contribution in [0.3, 0.4) is 0 Å². The number of Topliss-reactive ketones (excluding diaryl/α,β-unsaturated/α-hetero) is 1. The van der Waals surface area contributed by atoms with Gasteiger partial charge in [0.1, 0.15) is 11.6 Å². The predicted molar refractivity (Wildman–Crippen MR) is 116 cm³/mol. The number of aliphatic carboxylic acids is 1. The Balaban J connectivity index is 2.30. The number of rotatable bonds is 7. The highest BCUT2D eigenvalue weighted by atomic mass is 35.5. The standard InChI is InChI=1S/C23H23ClFNO6/c1-11(2)17(10-27)26-16-9-14(32-3)8-13(7-12-5-4-6-15(24)20(12)25)18(16)21(28)19(22(26)29)23(30)31/h4-6,8-9,11,17,19,27H,7,10H2,1-3H3,(H,30,31)/t17-,19?/m1/s1. The lowest BCUT2D eigenvalue weighted by molar-refractivity contribution is -0.144. The molecule has 0 radical (unpaired) electrons. The minimum absolute atomic E-state index is 0.0173. The highest BCUT2D eigenvalue weighted by Gasteiger charge is 2.47. The predicted octanol–water partition coefficient (Wildman–Crippen LogP) is 3.33. The van der Waals surface area contributed by atoms with Crippen LogP contribution in [0.4, 0.5) is 10.1 Å². The summed E-state index contributed by atoms with van der Waals surface area (Å²) in [6, 6.07) is 6.63. The van der Waals surface area contributed by atoms with Gasteiger partial charge >= 0.3 is 5.97 Å². The van der Waals surface area contributed by atoms with Crippen molar-refractivity contribution in [1.29, 1.82) is 0 Å². The average Bonchev–Trinajstić information content (AvgIpc) is 2.73. The number of benzene rings is 2. The number of anilines is 1. The van der Waals surface area contributed by atoms with Crippen LogP contribution in [-0.2, 0) is 16.0 Å². The first-order chi connectivity index (χ1) is 15.1. The van der Waals surface area contributed by atoms with E-state index >= 15 is 0 Å². The molecule has 170 valence electrons. The molecule has 1 unspecified atom stereocenters. The summed E-state index contributed by atoms with van der Waals surface area (Å²) in [5, 5.41) is 19.5. The summed E-state index contributed by atoms with van der Waals surface area (Å²) in [5.74, 6) is -6.00. The minimum Gasteiger partial charge on any atom is -0.497 e. The van der Waals surface area contributed by atoms with Crippen molar-refractivity contribution in [2.45, 2.75) is 26.3 Å². The fourth-order valence-electron chi connectivity index (χ4n) is 3.94. The van der Waals surface area contributed by atoms with Gasteiger partial charge in [-0.1, -0.05) is 37.6 Å². The first-order valence-electron chi connectivity index (χ1n) is 9.97. The van der Waals surface area contributed by atoms with E-state index in [9.17, 15) is 29.0 Å². The van der Waals surface area contributed by atoms with E-state index in [1.54, 1.807) is 19.9 Å². The first-order valence-corrected chi connectivity index (χ1v) is 10.3. The van der Waals surface area contributed by atoms with Crippen LogP contribution in [0.1, 0.15) is 35.3 Å². The number of methoxy groups -OCH3 is 1. The summed E-state index contributed by atoms with van der Waals surface area (Å²) in [6.07, 6.45) is -0.0858. The number of amides is 1. The molecular weight excluding hydrogens is 441 g/mol. The number of carbonyl (C=O) groups is 3. The number of aliphatic hydroxyl groups excluding tert-OH is 1. The average molecular weight is 464 g/mol. The number of aliphatic hydroxyl groups is 1. The number of ether oxygens (including phenoxy) is 1. The summed E-state index contributed by atoms with van der Waals surface area (Å²) in [7, 11) is 1.40. The van der Waals surface area contributed by atoms with Gasteiger partial charge in [0.2, 0.25) is 5.91 Å². The Bertz CT molecular complexity index is 1090. The van der Waals surface area contributed by atoms with Crippen molar-refractivity contribution in [3.8, 4) is 5.75 Å². The van der Waals surface area contributed by atoms with E-state index in [4.69, 9.17) is 16.3 Å². The Labute approximate surface area is 189 Å². The Hall–Kier alpha value is -2.97. The molecule has 2 N–H and O–H groups in total. The van der Waals surface area contributed by atoms with E-state index < -0.39 is 42.0 Å². The SMILES string of the molecule is COc1cc(Cc2cccc(Cl)c2F)c2c(c1)N([C@H](CO)C(C)C)C(=O)C(C(=O)O)C2=O. The molecule has 1 amide bonds. The second-order valence-electron chi connectivity index (χ2n) is 7.91. The molecule has 2 atom stereocenters. The van der Waals surface area contributed by atoms with E-state index in [1.807, 2.05) is 0 Å². The Morgan fingerprint density at radius 2 is 1.94 bits per heavy atom. The molecule has 0 aromatic heterocycles.